The summed E-state index contributed by atoms with van der Waals surface area (Å²) in [6, 6.07) is 20.9. The number of benzene rings is 3. The van der Waals surface area contributed by atoms with E-state index in [-0.39, 0.29) is 12.3 Å². The van der Waals surface area contributed by atoms with Crippen LogP contribution in [0.15, 0.2) is 72.8 Å². The molecule has 212 valence electrons. The lowest BCUT2D eigenvalue weighted by Gasteiger charge is -2.24. The molecule has 0 saturated carbocycles. The maximum Gasteiger partial charge on any atom is 0.326 e. The van der Waals surface area contributed by atoms with Crippen molar-refractivity contribution in [2.45, 2.75) is 64.3 Å². The molecule has 3 rings (SSSR count). The minimum atomic E-state index is -1.19. The van der Waals surface area contributed by atoms with Gasteiger partial charge in [0.2, 0.25) is 5.91 Å². The molecule has 0 spiro atoms. The Morgan fingerprint density at radius 3 is 2.30 bits per heavy atom. The van der Waals surface area contributed by atoms with Crippen molar-refractivity contribution in [2.75, 3.05) is 19.1 Å². The Bertz CT molecular complexity index is 1270. The molecule has 0 bridgehead atoms. The number of rotatable bonds is 15. The molecule has 3 aromatic carbocycles. The first-order chi connectivity index (χ1) is 19.3. The molecular formula is C33H40N2O5. The molecule has 1 unspecified atom stereocenters. The van der Waals surface area contributed by atoms with Crippen LogP contribution in [0, 0.1) is 0 Å². The van der Waals surface area contributed by atoms with Gasteiger partial charge in [0.25, 0.3) is 5.91 Å². The van der Waals surface area contributed by atoms with Gasteiger partial charge in [-0.3, -0.25) is 9.59 Å². The van der Waals surface area contributed by atoms with Crippen LogP contribution in [-0.4, -0.2) is 43.1 Å². The number of anilines is 1. The van der Waals surface area contributed by atoms with Crippen molar-refractivity contribution in [1.82, 2.24) is 5.32 Å². The first kappa shape index (κ1) is 30.4. The van der Waals surface area contributed by atoms with Gasteiger partial charge in [0, 0.05) is 31.1 Å². The predicted octanol–water partition coefficient (Wildman–Crippen LogP) is 6.50. The minimum absolute atomic E-state index is 0.0179. The summed E-state index contributed by atoms with van der Waals surface area (Å²) in [7, 11) is 3.24. The monoisotopic (exact) mass is 544 g/mol. The Morgan fingerprint density at radius 2 is 1.60 bits per heavy atom. The third kappa shape index (κ3) is 8.70. The zero-order valence-electron chi connectivity index (χ0n) is 23.7. The normalized spacial score (nSPS) is 11.5. The quantitative estimate of drug-likeness (QED) is 0.213. The number of nitrogens with zero attached hydrogens (tertiary/aromatic N) is 1. The van der Waals surface area contributed by atoms with E-state index in [0.29, 0.717) is 29.0 Å². The number of unbranched alkanes of at least 4 members (excludes halogenated alkanes) is 5. The second-order valence-electron chi connectivity index (χ2n) is 9.98. The SMILES string of the molecule is CCCCCCCCC(=O)N(C)c1cc(-c2ccccc2)ccc1CC(NC(=O)c1cccc(OC)c1)C(=O)O. The fourth-order valence-corrected chi connectivity index (χ4v) is 4.64. The lowest BCUT2D eigenvalue weighted by Crippen LogP contribution is -2.42. The van der Waals surface area contributed by atoms with Gasteiger partial charge in [-0.25, -0.2) is 4.79 Å². The molecule has 0 saturated heterocycles. The standard InChI is InChI=1S/C33H40N2O5/c1-4-5-6-7-8-12-18-31(36)35(2)30-23-25(24-14-10-9-11-15-24)19-20-26(30)22-29(33(38)39)34-32(37)27-16-13-17-28(21-27)40-3/h9-11,13-17,19-21,23,29H,4-8,12,18,22H2,1-3H3,(H,34,37)(H,38,39). The van der Waals surface area contributed by atoms with Gasteiger partial charge in [-0.15, -0.1) is 0 Å². The molecular weight excluding hydrogens is 504 g/mol. The third-order valence-electron chi connectivity index (χ3n) is 7.03. The van der Waals surface area contributed by atoms with Crippen molar-refractivity contribution in [1.29, 1.82) is 0 Å². The fraction of sp³-hybridized carbons (Fsp3) is 0.364. The van der Waals surface area contributed by atoms with Gasteiger partial charge in [-0.05, 0) is 47.4 Å². The number of ether oxygens (including phenoxy) is 1. The second kappa shape index (κ2) is 15.5. The van der Waals surface area contributed by atoms with E-state index in [1.54, 1.807) is 36.2 Å². The number of aliphatic carboxylic acids is 1. The number of nitrogens with one attached hydrogen (secondary N) is 1. The van der Waals surface area contributed by atoms with E-state index in [9.17, 15) is 19.5 Å². The van der Waals surface area contributed by atoms with Crippen LogP contribution in [0.1, 0.15) is 67.8 Å². The van der Waals surface area contributed by atoms with Crippen molar-refractivity contribution >= 4 is 23.5 Å². The van der Waals surface area contributed by atoms with Crippen molar-refractivity contribution in [3.63, 3.8) is 0 Å². The topological polar surface area (TPSA) is 95.9 Å². The Morgan fingerprint density at radius 1 is 0.875 bits per heavy atom. The van der Waals surface area contributed by atoms with Crippen LogP contribution in [0.3, 0.4) is 0 Å². The number of carbonyl (C=O) groups excluding carboxylic acids is 2. The Hall–Kier alpha value is -4.13. The zero-order chi connectivity index (χ0) is 28.9. The van der Waals surface area contributed by atoms with Crippen LogP contribution >= 0.6 is 0 Å². The number of carboxylic acids is 1. The summed E-state index contributed by atoms with van der Waals surface area (Å²) in [6.45, 7) is 2.18. The summed E-state index contributed by atoms with van der Waals surface area (Å²) in [5.41, 5.74) is 3.52. The largest absolute Gasteiger partial charge is 0.497 e. The van der Waals surface area contributed by atoms with Gasteiger partial charge in [0.15, 0.2) is 0 Å². The molecule has 7 nitrogen and oxygen atoms in total. The number of carboxylic acid groups (broad SMARTS) is 1. The van der Waals surface area contributed by atoms with Crippen molar-refractivity contribution in [3.05, 3.63) is 83.9 Å². The number of amides is 2. The van der Waals surface area contributed by atoms with E-state index in [1.165, 1.54) is 26.4 Å². The fourth-order valence-electron chi connectivity index (χ4n) is 4.64. The molecule has 0 radical (unpaired) electrons. The summed E-state index contributed by atoms with van der Waals surface area (Å²) < 4.78 is 5.18. The van der Waals surface area contributed by atoms with Gasteiger partial charge in [-0.1, -0.05) is 87.6 Å². The Labute approximate surface area is 237 Å². The van der Waals surface area contributed by atoms with Crippen molar-refractivity contribution in [3.8, 4) is 16.9 Å². The van der Waals surface area contributed by atoms with Gasteiger partial charge in [0.05, 0.1) is 7.11 Å². The summed E-state index contributed by atoms with van der Waals surface area (Å²) in [6.07, 6.45) is 6.95. The van der Waals surface area contributed by atoms with E-state index in [0.717, 1.165) is 30.4 Å². The molecule has 0 aliphatic carbocycles. The van der Waals surface area contributed by atoms with Crippen LogP contribution < -0.4 is 15.0 Å². The van der Waals surface area contributed by atoms with Gasteiger partial charge >= 0.3 is 5.97 Å². The number of methoxy groups -OCH3 is 1. The summed E-state index contributed by atoms with van der Waals surface area (Å²) >= 11 is 0. The van der Waals surface area contributed by atoms with Gasteiger partial charge in [0.1, 0.15) is 11.8 Å². The molecule has 0 aliphatic heterocycles. The smallest absolute Gasteiger partial charge is 0.326 e. The summed E-state index contributed by atoms with van der Waals surface area (Å²) in [5, 5.41) is 12.6. The van der Waals surface area contributed by atoms with E-state index in [4.69, 9.17) is 4.74 Å². The highest BCUT2D eigenvalue weighted by Gasteiger charge is 2.25. The van der Waals surface area contributed by atoms with E-state index in [1.807, 2.05) is 48.5 Å². The van der Waals surface area contributed by atoms with Crippen LogP contribution in [-0.2, 0) is 16.0 Å². The molecule has 2 amide bonds. The van der Waals surface area contributed by atoms with E-state index < -0.39 is 17.9 Å². The van der Waals surface area contributed by atoms with Gasteiger partial charge < -0.3 is 20.1 Å². The first-order valence-electron chi connectivity index (χ1n) is 14.0. The van der Waals surface area contributed by atoms with Crippen molar-refractivity contribution in [2.24, 2.45) is 0 Å². The highest BCUT2D eigenvalue weighted by molar-refractivity contribution is 5.97. The molecule has 1 atom stereocenters. The summed E-state index contributed by atoms with van der Waals surface area (Å²) in [4.78, 5) is 40.0. The predicted molar refractivity (Wildman–Crippen MR) is 159 cm³/mol. The van der Waals surface area contributed by atoms with Crippen LogP contribution in [0.4, 0.5) is 5.69 Å². The zero-order valence-corrected chi connectivity index (χ0v) is 23.7. The van der Waals surface area contributed by atoms with Crippen LogP contribution in [0.25, 0.3) is 11.1 Å². The Kier molecular flexibility index (Phi) is 11.8. The minimum Gasteiger partial charge on any atom is -0.497 e. The number of carbonyl (C=O) groups is 3. The molecule has 0 heterocycles. The number of hydrogen-bond donors (Lipinski definition) is 2. The first-order valence-corrected chi connectivity index (χ1v) is 14.0. The van der Waals surface area contributed by atoms with Crippen molar-refractivity contribution < 1.29 is 24.2 Å². The summed E-state index contributed by atoms with van der Waals surface area (Å²) in [5.74, 6) is -1.19. The maximum absolute atomic E-state index is 13.2. The van der Waals surface area contributed by atoms with E-state index in [2.05, 4.69) is 12.2 Å². The molecule has 40 heavy (non-hydrogen) atoms. The second-order valence-corrected chi connectivity index (χ2v) is 9.98. The number of hydrogen-bond acceptors (Lipinski definition) is 4. The van der Waals surface area contributed by atoms with E-state index >= 15 is 0 Å². The molecule has 7 heteroatoms. The highest BCUT2D eigenvalue weighted by Crippen LogP contribution is 2.30. The maximum atomic E-state index is 13.2. The highest BCUT2D eigenvalue weighted by atomic mass is 16.5. The van der Waals surface area contributed by atoms with Crippen LogP contribution in [0.5, 0.6) is 5.75 Å². The molecule has 0 aromatic heterocycles. The molecule has 3 aromatic rings. The third-order valence-corrected chi connectivity index (χ3v) is 7.03. The average molecular weight is 545 g/mol. The molecule has 2 N–H and O–H groups in total. The van der Waals surface area contributed by atoms with Crippen LogP contribution in [0.2, 0.25) is 0 Å². The average Bonchev–Trinajstić information content (AvgIpc) is 2.98. The Balaban J connectivity index is 1.83. The van der Waals surface area contributed by atoms with Gasteiger partial charge in [-0.2, -0.15) is 0 Å². The lowest BCUT2D eigenvalue weighted by atomic mass is 9.97. The lowest BCUT2D eigenvalue weighted by molar-refractivity contribution is -0.139. The molecule has 0 aliphatic rings. The molecule has 0 fully saturated rings.